The van der Waals surface area contributed by atoms with Gasteiger partial charge < -0.3 is 10.4 Å². The molecule has 112 valence electrons. The van der Waals surface area contributed by atoms with Crippen molar-refractivity contribution in [1.29, 1.82) is 0 Å². The summed E-state index contributed by atoms with van der Waals surface area (Å²) in [4.78, 5) is 23.3. The Hall–Kier alpha value is -1.26. The molecule has 0 bridgehead atoms. The molecule has 6 heteroatoms. The third-order valence-electron chi connectivity index (χ3n) is 4.10. The fourth-order valence-corrected chi connectivity index (χ4v) is 3.26. The largest absolute Gasteiger partial charge is 0.480 e. The molecule has 0 radical (unpaired) electrons. The zero-order chi connectivity index (χ0) is 15.1. The second-order valence-electron chi connectivity index (χ2n) is 5.81. The van der Waals surface area contributed by atoms with E-state index in [9.17, 15) is 9.59 Å². The van der Waals surface area contributed by atoms with E-state index in [-0.39, 0.29) is 23.7 Å². The molecule has 1 aromatic rings. The van der Waals surface area contributed by atoms with Crippen molar-refractivity contribution in [2.75, 3.05) is 0 Å². The molecule has 0 heterocycles. The van der Waals surface area contributed by atoms with Gasteiger partial charge in [-0.3, -0.25) is 4.79 Å². The van der Waals surface area contributed by atoms with E-state index in [0.717, 1.165) is 18.4 Å². The first kappa shape index (κ1) is 14.7. The summed E-state index contributed by atoms with van der Waals surface area (Å²) < 4.78 is 0. The minimum Gasteiger partial charge on any atom is -0.480 e. The molecule has 0 aliphatic heterocycles. The van der Waals surface area contributed by atoms with Crippen LogP contribution in [0, 0.1) is 11.8 Å². The lowest BCUT2D eigenvalue weighted by atomic mass is 10.1. The van der Waals surface area contributed by atoms with Crippen LogP contribution in [0.3, 0.4) is 0 Å². The fourth-order valence-electron chi connectivity index (χ4n) is 2.71. The van der Waals surface area contributed by atoms with E-state index in [1.807, 2.05) is 0 Å². The van der Waals surface area contributed by atoms with Gasteiger partial charge in [-0.1, -0.05) is 23.2 Å². The molecule has 0 spiro atoms. The highest BCUT2D eigenvalue weighted by atomic mass is 35.5. The molecule has 2 fully saturated rings. The molecule has 2 N–H and O–H groups in total. The predicted molar refractivity (Wildman–Crippen MR) is 79.6 cm³/mol. The number of carbonyl (C=O) groups excluding carboxylic acids is 1. The molecular formula is C15H15Cl2NO3. The van der Waals surface area contributed by atoms with Crippen molar-refractivity contribution in [1.82, 2.24) is 5.32 Å². The maximum atomic E-state index is 12.2. The van der Waals surface area contributed by atoms with Crippen LogP contribution < -0.4 is 5.32 Å². The second kappa shape index (κ2) is 5.50. The normalized spacial score (nSPS) is 25.2. The Labute approximate surface area is 132 Å². The topological polar surface area (TPSA) is 66.4 Å². The van der Waals surface area contributed by atoms with Crippen LogP contribution in [-0.4, -0.2) is 23.0 Å². The van der Waals surface area contributed by atoms with Gasteiger partial charge in [0, 0.05) is 16.0 Å². The van der Waals surface area contributed by atoms with Crippen molar-refractivity contribution in [2.45, 2.75) is 31.2 Å². The van der Waals surface area contributed by atoms with Gasteiger partial charge in [0.2, 0.25) is 5.91 Å². The summed E-state index contributed by atoms with van der Waals surface area (Å²) in [7, 11) is 0. The standard InChI is InChI=1S/C15H15Cl2NO3/c16-9-3-8(4-10(17)5-9)11-6-12(11)14(19)18-13(15(20)21)7-1-2-7/h3-5,7,11-13H,1-2,6H2,(H,18,19)(H,20,21). The van der Waals surface area contributed by atoms with Crippen molar-refractivity contribution in [3.05, 3.63) is 33.8 Å². The van der Waals surface area contributed by atoms with Crippen molar-refractivity contribution in [2.24, 2.45) is 11.8 Å². The van der Waals surface area contributed by atoms with Crippen molar-refractivity contribution in [3.8, 4) is 0 Å². The number of carboxylic acid groups (broad SMARTS) is 1. The molecule has 4 nitrogen and oxygen atoms in total. The van der Waals surface area contributed by atoms with Crippen LogP contribution in [0.15, 0.2) is 18.2 Å². The number of carboxylic acids is 1. The fraction of sp³-hybridized carbons (Fsp3) is 0.467. The van der Waals surface area contributed by atoms with E-state index in [2.05, 4.69) is 5.32 Å². The highest BCUT2D eigenvalue weighted by Crippen LogP contribution is 2.49. The first-order valence-electron chi connectivity index (χ1n) is 6.95. The summed E-state index contributed by atoms with van der Waals surface area (Å²) in [6.45, 7) is 0. The van der Waals surface area contributed by atoms with E-state index in [1.54, 1.807) is 18.2 Å². The molecule has 2 saturated carbocycles. The van der Waals surface area contributed by atoms with E-state index >= 15 is 0 Å². The van der Waals surface area contributed by atoms with Crippen LogP contribution in [0.4, 0.5) is 0 Å². The molecule has 1 aromatic carbocycles. The molecule has 3 atom stereocenters. The van der Waals surface area contributed by atoms with Gasteiger partial charge in [-0.05, 0) is 54.9 Å². The van der Waals surface area contributed by atoms with Crippen molar-refractivity contribution < 1.29 is 14.7 Å². The van der Waals surface area contributed by atoms with Gasteiger partial charge in [-0.25, -0.2) is 4.79 Å². The average molecular weight is 328 g/mol. The number of benzene rings is 1. The Balaban J connectivity index is 1.64. The van der Waals surface area contributed by atoms with Gasteiger partial charge in [0.15, 0.2) is 0 Å². The van der Waals surface area contributed by atoms with Crippen molar-refractivity contribution >= 4 is 35.1 Å². The average Bonchev–Trinajstić information content (AvgIpc) is 3.25. The summed E-state index contributed by atoms with van der Waals surface area (Å²) in [6.07, 6.45) is 2.45. The van der Waals surface area contributed by atoms with E-state index in [4.69, 9.17) is 28.3 Å². The lowest BCUT2D eigenvalue weighted by Crippen LogP contribution is -2.43. The maximum Gasteiger partial charge on any atom is 0.326 e. The molecule has 21 heavy (non-hydrogen) atoms. The lowest BCUT2D eigenvalue weighted by molar-refractivity contribution is -0.142. The lowest BCUT2D eigenvalue weighted by Gasteiger charge is -2.13. The number of hydrogen-bond acceptors (Lipinski definition) is 2. The van der Waals surface area contributed by atoms with Crippen LogP contribution in [-0.2, 0) is 9.59 Å². The Kier molecular flexibility index (Phi) is 3.84. The first-order valence-corrected chi connectivity index (χ1v) is 7.70. The minimum absolute atomic E-state index is 0.0786. The van der Waals surface area contributed by atoms with Crippen LogP contribution in [0.5, 0.6) is 0 Å². The predicted octanol–water partition coefficient (Wildman–Crippen LogP) is 3.08. The number of amides is 1. The summed E-state index contributed by atoms with van der Waals surface area (Å²) in [5.41, 5.74) is 0.936. The summed E-state index contributed by atoms with van der Waals surface area (Å²) in [6, 6.07) is 4.51. The molecule has 0 saturated heterocycles. The van der Waals surface area contributed by atoms with Gasteiger partial charge in [-0.15, -0.1) is 0 Å². The quantitative estimate of drug-likeness (QED) is 0.873. The van der Waals surface area contributed by atoms with Crippen molar-refractivity contribution in [3.63, 3.8) is 0 Å². The Morgan fingerprint density at radius 3 is 2.33 bits per heavy atom. The number of hydrogen-bond donors (Lipinski definition) is 2. The number of halogens is 2. The van der Waals surface area contributed by atoms with Crippen LogP contribution in [0.25, 0.3) is 0 Å². The third kappa shape index (κ3) is 3.33. The van der Waals surface area contributed by atoms with Crippen LogP contribution in [0.1, 0.15) is 30.7 Å². The van der Waals surface area contributed by atoms with E-state index in [1.165, 1.54) is 0 Å². The Bertz CT molecular complexity index is 580. The zero-order valence-electron chi connectivity index (χ0n) is 11.2. The van der Waals surface area contributed by atoms with Crippen LogP contribution >= 0.6 is 23.2 Å². The number of carbonyl (C=O) groups is 2. The minimum atomic E-state index is -0.950. The zero-order valence-corrected chi connectivity index (χ0v) is 12.7. The number of rotatable bonds is 5. The molecule has 2 aliphatic carbocycles. The molecule has 0 aromatic heterocycles. The summed E-state index contributed by atoms with van der Waals surface area (Å²) in [5.74, 6) is -1.15. The highest BCUT2D eigenvalue weighted by molar-refractivity contribution is 6.34. The molecule has 2 aliphatic rings. The third-order valence-corrected chi connectivity index (χ3v) is 4.53. The SMILES string of the molecule is O=C(NC(C(=O)O)C1CC1)C1CC1c1cc(Cl)cc(Cl)c1. The molecule has 3 rings (SSSR count). The monoisotopic (exact) mass is 327 g/mol. The Morgan fingerprint density at radius 1 is 1.19 bits per heavy atom. The second-order valence-corrected chi connectivity index (χ2v) is 6.69. The molecule has 3 unspecified atom stereocenters. The van der Waals surface area contributed by atoms with Gasteiger partial charge in [0.1, 0.15) is 6.04 Å². The van der Waals surface area contributed by atoms with Gasteiger partial charge in [0.25, 0.3) is 0 Å². The number of aliphatic carboxylic acids is 1. The molecular weight excluding hydrogens is 313 g/mol. The molecule has 1 amide bonds. The van der Waals surface area contributed by atoms with E-state index < -0.39 is 12.0 Å². The van der Waals surface area contributed by atoms with Gasteiger partial charge in [-0.2, -0.15) is 0 Å². The summed E-state index contributed by atoms with van der Waals surface area (Å²) in [5, 5.41) is 12.9. The highest BCUT2D eigenvalue weighted by Gasteiger charge is 2.46. The summed E-state index contributed by atoms with van der Waals surface area (Å²) >= 11 is 11.9. The van der Waals surface area contributed by atoms with Crippen LogP contribution in [0.2, 0.25) is 10.0 Å². The van der Waals surface area contributed by atoms with E-state index in [0.29, 0.717) is 16.5 Å². The van der Waals surface area contributed by atoms with Gasteiger partial charge >= 0.3 is 5.97 Å². The smallest absolute Gasteiger partial charge is 0.326 e. The Morgan fingerprint density at radius 2 is 1.81 bits per heavy atom. The maximum absolute atomic E-state index is 12.2. The number of nitrogens with one attached hydrogen (secondary N) is 1. The first-order chi connectivity index (χ1) is 9.95. The van der Waals surface area contributed by atoms with Gasteiger partial charge in [0.05, 0.1) is 0 Å².